The molecule has 3 rings (SSSR count). The van der Waals surface area contributed by atoms with Crippen molar-refractivity contribution in [3.8, 4) is 5.75 Å². The number of rotatable bonds is 7. The molecule has 0 unspecified atom stereocenters. The molecule has 2 atom stereocenters. The van der Waals surface area contributed by atoms with Crippen LogP contribution in [0.25, 0.3) is 10.9 Å². The van der Waals surface area contributed by atoms with Crippen molar-refractivity contribution in [1.29, 1.82) is 0 Å². The molecule has 0 aliphatic carbocycles. The van der Waals surface area contributed by atoms with Crippen LogP contribution in [-0.4, -0.2) is 35.1 Å². The Bertz CT molecular complexity index is 1170. The number of benzene rings is 2. The van der Waals surface area contributed by atoms with Crippen molar-refractivity contribution in [3.05, 3.63) is 68.7 Å². The van der Waals surface area contributed by atoms with E-state index in [0.717, 1.165) is 16.5 Å². The summed E-state index contributed by atoms with van der Waals surface area (Å²) in [6, 6.07) is 12.5. The third-order valence-electron chi connectivity index (χ3n) is 4.93. The zero-order valence-electron chi connectivity index (χ0n) is 17.8. The summed E-state index contributed by atoms with van der Waals surface area (Å²) < 4.78 is 12.4. The Hall–Kier alpha value is -3.00. The predicted octanol–water partition coefficient (Wildman–Crippen LogP) is 4.50. The number of hydrogen-bond donors (Lipinski definition) is 0. The van der Waals surface area contributed by atoms with Gasteiger partial charge in [-0.2, -0.15) is 9.78 Å². The lowest BCUT2D eigenvalue weighted by molar-refractivity contribution is -0.147. The summed E-state index contributed by atoms with van der Waals surface area (Å²) in [5, 5.41) is 4.94. The highest BCUT2D eigenvalue weighted by molar-refractivity contribution is 9.10. The van der Waals surface area contributed by atoms with Gasteiger partial charge in [0.15, 0.2) is 6.10 Å². The standard InChI is InChI=1S/C23H24BrN3O4/c1-5-14(2)21-26-20-11-8-17(24)12-19(20)22(28)27(21)25-13-16-6-9-18(10-7-16)31-15(3)23(29)30-4/h6-15H,5H2,1-4H3/t14-,15-/m1/s1. The lowest BCUT2D eigenvalue weighted by Crippen LogP contribution is -2.24. The summed E-state index contributed by atoms with van der Waals surface area (Å²) in [6.07, 6.45) is 1.73. The minimum absolute atomic E-state index is 0.0634. The molecule has 8 heteroatoms. The fourth-order valence-electron chi connectivity index (χ4n) is 2.95. The summed E-state index contributed by atoms with van der Waals surface area (Å²) in [7, 11) is 1.32. The van der Waals surface area contributed by atoms with Gasteiger partial charge in [0.05, 0.1) is 24.2 Å². The quantitative estimate of drug-likeness (QED) is 0.363. The number of ether oxygens (including phenoxy) is 2. The molecule has 7 nitrogen and oxygen atoms in total. The Morgan fingerprint density at radius 3 is 2.58 bits per heavy atom. The molecule has 1 aromatic heterocycles. The van der Waals surface area contributed by atoms with Crippen molar-refractivity contribution < 1.29 is 14.3 Å². The Morgan fingerprint density at radius 1 is 1.23 bits per heavy atom. The average molecular weight is 486 g/mol. The Kier molecular flexibility index (Phi) is 7.22. The van der Waals surface area contributed by atoms with Gasteiger partial charge in [-0.05, 0) is 61.4 Å². The molecule has 0 spiro atoms. The van der Waals surface area contributed by atoms with Crippen LogP contribution in [0.4, 0.5) is 0 Å². The zero-order chi connectivity index (χ0) is 22.5. The number of methoxy groups -OCH3 is 1. The van der Waals surface area contributed by atoms with E-state index in [4.69, 9.17) is 9.72 Å². The van der Waals surface area contributed by atoms with Crippen molar-refractivity contribution in [1.82, 2.24) is 9.66 Å². The highest BCUT2D eigenvalue weighted by atomic mass is 79.9. The van der Waals surface area contributed by atoms with E-state index < -0.39 is 12.1 Å². The number of halogens is 1. The van der Waals surface area contributed by atoms with Gasteiger partial charge < -0.3 is 9.47 Å². The van der Waals surface area contributed by atoms with Crippen molar-refractivity contribution in [2.75, 3.05) is 7.11 Å². The maximum absolute atomic E-state index is 13.1. The van der Waals surface area contributed by atoms with Gasteiger partial charge in [-0.1, -0.05) is 29.8 Å². The fourth-order valence-corrected chi connectivity index (χ4v) is 3.32. The SMILES string of the molecule is CC[C@@H](C)c1nc2ccc(Br)cc2c(=O)n1N=Cc1ccc(O[C@H](C)C(=O)OC)cc1. The molecular formula is C23H24BrN3O4. The Balaban J connectivity index is 1.94. The van der Waals surface area contributed by atoms with E-state index in [9.17, 15) is 9.59 Å². The number of carbonyl (C=O) groups is 1. The first-order valence-corrected chi connectivity index (χ1v) is 10.7. The van der Waals surface area contributed by atoms with Crippen molar-refractivity contribution in [2.45, 2.75) is 39.2 Å². The van der Waals surface area contributed by atoms with Gasteiger partial charge in [0, 0.05) is 10.4 Å². The Labute approximate surface area is 188 Å². The van der Waals surface area contributed by atoms with Gasteiger partial charge in [-0.25, -0.2) is 9.78 Å². The van der Waals surface area contributed by atoms with E-state index in [0.29, 0.717) is 22.5 Å². The molecule has 0 fully saturated rings. The monoisotopic (exact) mass is 485 g/mol. The minimum Gasteiger partial charge on any atom is -0.479 e. The summed E-state index contributed by atoms with van der Waals surface area (Å²) >= 11 is 3.41. The maximum Gasteiger partial charge on any atom is 0.346 e. The summed E-state index contributed by atoms with van der Waals surface area (Å²) in [6.45, 7) is 5.69. The molecule has 0 bridgehead atoms. The molecule has 0 N–H and O–H groups in total. The van der Waals surface area contributed by atoms with Crippen LogP contribution in [0.2, 0.25) is 0 Å². The van der Waals surface area contributed by atoms with Crippen LogP contribution in [0.5, 0.6) is 5.75 Å². The largest absolute Gasteiger partial charge is 0.479 e. The zero-order valence-corrected chi connectivity index (χ0v) is 19.4. The number of carbonyl (C=O) groups excluding carboxylic acids is 1. The van der Waals surface area contributed by atoms with Crippen LogP contribution in [0.3, 0.4) is 0 Å². The van der Waals surface area contributed by atoms with Crippen molar-refractivity contribution >= 4 is 39.0 Å². The van der Waals surface area contributed by atoms with E-state index in [1.165, 1.54) is 11.8 Å². The van der Waals surface area contributed by atoms with Crippen molar-refractivity contribution in [3.63, 3.8) is 0 Å². The van der Waals surface area contributed by atoms with E-state index >= 15 is 0 Å². The van der Waals surface area contributed by atoms with Gasteiger partial charge in [0.2, 0.25) is 0 Å². The minimum atomic E-state index is -0.704. The van der Waals surface area contributed by atoms with Crippen LogP contribution >= 0.6 is 15.9 Å². The first-order chi connectivity index (χ1) is 14.8. The molecule has 2 aromatic carbocycles. The number of aromatic nitrogens is 2. The van der Waals surface area contributed by atoms with Gasteiger partial charge in [-0.15, -0.1) is 0 Å². The second kappa shape index (κ2) is 9.87. The number of esters is 1. The summed E-state index contributed by atoms with van der Waals surface area (Å²) in [5.74, 6) is 0.765. The van der Waals surface area contributed by atoms with Gasteiger partial charge in [0.1, 0.15) is 11.6 Å². The van der Waals surface area contributed by atoms with E-state index in [1.807, 2.05) is 26.0 Å². The highest BCUT2D eigenvalue weighted by Gasteiger charge is 2.16. The summed E-state index contributed by atoms with van der Waals surface area (Å²) in [5.41, 5.74) is 1.20. The summed E-state index contributed by atoms with van der Waals surface area (Å²) in [4.78, 5) is 29.3. The fraction of sp³-hybridized carbons (Fsp3) is 0.304. The third-order valence-corrected chi connectivity index (χ3v) is 5.43. The maximum atomic E-state index is 13.1. The topological polar surface area (TPSA) is 82.8 Å². The lowest BCUT2D eigenvalue weighted by Gasteiger charge is -2.14. The van der Waals surface area contributed by atoms with Gasteiger partial charge in [-0.3, -0.25) is 4.79 Å². The van der Waals surface area contributed by atoms with Crippen molar-refractivity contribution in [2.24, 2.45) is 5.10 Å². The average Bonchev–Trinajstić information content (AvgIpc) is 2.78. The number of nitrogens with zero attached hydrogens (tertiary/aromatic N) is 3. The second-order valence-corrected chi connectivity index (χ2v) is 8.07. The normalized spacial score (nSPS) is 13.3. The molecule has 0 radical (unpaired) electrons. The molecule has 0 aliphatic rings. The molecule has 0 saturated carbocycles. The molecule has 3 aromatic rings. The van der Waals surface area contributed by atoms with Crippen LogP contribution in [0, 0.1) is 0 Å². The van der Waals surface area contributed by atoms with E-state index in [2.05, 4.69) is 25.8 Å². The van der Waals surface area contributed by atoms with Gasteiger partial charge >= 0.3 is 5.97 Å². The van der Waals surface area contributed by atoms with Crippen LogP contribution in [0.1, 0.15) is 44.5 Å². The first-order valence-electron chi connectivity index (χ1n) is 9.95. The Morgan fingerprint density at radius 2 is 1.94 bits per heavy atom. The van der Waals surface area contributed by atoms with Gasteiger partial charge in [0.25, 0.3) is 5.56 Å². The molecule has 1 heterocycles. The molecule has 0 saturated heterocycles. The molecule has 0 amide bonds. The van der Waals surface area contributed by atoms with Crippen LogP contribution in [-0.2, 0) is 9.53 Å². The molecule has 31 heavy (non-hydrogen) atoms. The van der Waals surface area contributed by atoms with E-state index in [-0.39, 0.29) is 11.5 Å². The van der Waals surface area contributed by atoms with Crippen LogP contribution < -0.4 is 10.3 Å². The van der Waals surface area contributed by atoms with E-state index in [1.54, 1.807) is 43.5 Å². The second-order valence-electron chi connectivity index (χ2n) is 7.15. The number of fused-ring (bicyclic) bond motifs is 1. The van der Waals surface area contributed by atoms with Crippen LogP contribution in [0.15, 0.2) is 56.8 Å². The highest BCUT2D eigenvalue weighted by Crippen LogP contribution is 2.21. The first kappa shape index (κ1) is 22.7. The number of hydrogen-bond acceptors (Lipinski definition) is 6. The molecular weight excluding hydrogens is 462 g/mol. The third kappa shape index (κ3) is 5.19. The smallest absolute Gasteiger partial charge is 0.346 e. The lowest BCUT2D eigenvalue weighted by atomic mass is 10.1. The molecule has 162 valence electrons. The molecule has 0 aliphatic heterocycles. The predicted molar refractivity (Wildman–Crippen MR) is 124 cm³/mol.